The average molecular weight is 1430 g/mol. The molecule has 546 valence electrons. The van der Waals surface area contributed by atoms with Gasteiger partial charge >= 0.3 is 53.7 Å². The minimum atomic E-state index is -2.03. The maximum atomic E-state index is 14.6. The number of carboxylic acids is 1. The molecule has 15 atom stereocenters. The van der Waals surface area contributed by atoms with Gasteiger partial charge in [0.1, 0.15) is 49.8 Å². The van der Waals surface area contributed by atoms with E-state index < -0.39 is 165 Å². The van der Waals surface area contributed by atoms with Gasteiger partial charge in [0.25, 0.3) is 0 Å². The summed E-state index contributed by atoms with van der Waals surface area (Å²) in [7, 11) is 0. The van der Waals surface area contributed by atoms with Gasteiger partial charge in [-0.05, 0) is 97.8 Å². The number of benzene rings is 7. The highest BCUT2D eigenvalue weighted by Crippen LogP contribution is 2.38. The maximum absolute atomic E-state index is 14.6. The van der Waals surface area contributed by atoms with Crippen LogP contribution in [0.25, 0.3) is 0 Å². The number of aliphatic carboxylic acids is 1. The zero-order valence-electron chi connectivity index (χ0n) is 56.9. The van der Waals surface area contributed by atoms with Crippen LogP contribution in [0.2, 0.25) is 0 Å². The lowest BCUT2D eigenvalue weighted by Gasteiger charge is -2.48. The molecule has 0 aromatic heterocycles. The molecule has 0 saturated carbocycles. The molecular formula is C79H80O25. The van der Waals surface area contributed by atoms with E-state index >= 15 is 0 Å². The largest absolute Gasteiger partial charge is 0.481 e. The molecule has 2 N–H and O–H groups in total. The molecule has 7 aromatic carbocycles. The SMILES string of the molecule is CC(=O)OC1C(OCCCCCCCCC(=O)O)OC(COC2OC(COC(=O)c3ccccc3)C(OC(=O)c3ccccc3)C(OC(=O)c3ccccc3)C2OC(=O)c2ccccc2)C(O)C1OC1OC(COC(=O)c2ccccc2)C(OC(=O)c2ccccc2)C(C)C1OC(=O)c1ccccc1. The lowest BCUT2D eigenvalue weighted by molar-refractivity contribution is -0.362. The first kappa shape index (κ1) is 76.1. The predicted octanol–water partition coefficient (Wildman–Crippen LogP) is 10.2. The van der Waals surface area contributed by atoms with E-state index in [1.54, 1.807) is 134 Å². The van der Waals surface area contributed by atoms with E-state index in [1.165, 1.54) is 84.9 Å². The van der Waals surface area contributed by atoms with Crippen LogP contribution in [0.5, 0.6) is 0 Å². The fraction of sp³-hybridized carbons (Fsp3) is 0.354. The second-order valence-electron chi connectivity index (χ2n) is 24.7. The summed E-state index contributed by atoms with van der Waals surface area (Å²) in [4.78, 5) is 124. The Morgan fingerprint density at radius 1 is 0.337 bits per heavy atom. The Balaban J connectivity index is 1.03. The van der Waals surface area contributed by atoms with Crippen molar-refractivity contribution in [3.8, 4) is 0 Å². The topological polar surface area (TPSA) is 323 Å². The number of rotatable bonds is 32. The van der Waals surface area contributed by atoms with Gasteiger partial charge in [0.05, 0.1) is 45.6 Å². The van der Waals surface area contributed by atoms with Crippen LogP contribution in [-0.2, 0) is 75.9 Å². The maximum Gasteiger partial charge on any atom is 0.338 e. The molecule has 0 bridgehead atoms. The van der Waals surface area contributed by atoms with Crippen LogP contribution < -0.4 is 0 Å². The van der Waals surface area contributed by atoms with Crippen LogP contribution in [0, 0.1) is 5.92 Å². The highest BCUT2D eigenvalue weighted by atomic mass is 16.8. The molecule has 0 amide bonds. The normalized spacial score (nSPS) is 24.2. The molecule has 0 spiro atoms. The Hall–Kier alpha value is -10.5. The molecule has 7 aromatic rings. The summed E-state index contributed by atoms with van der Waals surface area (Å²) in [6.45, 7) is 0.441. The second kappa shape index (κ2) is 38.1. The van der Waals surface area contributed by atoms with Gasteiger partial charge in [-0.15, -0.1) is 0 Å². The minimum Gasteiger partial charge on any atom is -0.481 e. The molecular weight excluding hydrogens is 1350 g/mol. The number of carbonyl (C=O) groups excluding carboxylic acids is 8. The monoisotopic (exact) mass is 1430 g/mol. The molecule has 15 unspecified atom stereocenters. The van der Waals surface area contributed by atoms with E-state index in [1.807, 2.05) is 0 Å². The first-order valence-electron chi connectivity index (χ1n) is 34.2. The number of esters is 8. The lowest BCUT2D eigenvalue weighted by atomic mass is 9.89. The smallest absolute Gasteiger partial charge is 0.338 e. The summed E-state index contributed by atoms with van der Waals surface area (Å²) >= 11 is 0. The number of aliphatic hydroxyl groups excluding tert-OH is 1. The number of ether oxygens (including phenoxy) is 14. The Morgan fingerprint density at radius 2 is 0.663 bits per heavy atom. The summed E-state index contributed by atoms with van der Waals surface area (Å²) in [5.41, 5.74) is 0.550. The highest BCUT2D eigenvalue weighted by molar-refractivity contribution is 5.93. The Kier molecular flexibility index (Phi) is 27.9. The Labute approximate surface area is 599 Å². The molecule has 3 aliphatic heterocycles. The molecule has 3 saturated heterocycles. The van der Waals surface area contributed by atoms with Crippen LogP contribution in [0.15, 0.2) is 212 Å². The summed E-state index contributed by atoms with van der Waals surface area (Å²) in [5.74, 6) is -9.25. The molecule has 0 aliphatic carbocycles. The van der Waals surface area contributed by atoms with E-state index in [-0.39, 0.29) is 52.0 Å². The van der Waals surface area contributed by atoms with Gasteiger partial charge in [-0.2, -0.15) is 0 Å². The number of hydrogen-bond donors (Lipinski definition) is 2. The van der Waals surface area contributed by atoms with Crippen molar-refractivity contribution in [2.24, 2.45) is 5.92 Å². The van der Waals surface area contributed by atoms with Gasteiger partial charge in [-0.1, -0.05) is 160 Å². The van der Waals surface area contributed by atoms with Crippen molar-refractivity contribution < 1.29 is 120 Å². The van der Waals surface area contributed by atoms with E-state index in [0.717, 1.165) is 6.92 Å². The highest BCUT2D eigenvalue weighted by Gasteiger charge is 2.57. The van der Waals surface area contributed by atoms with Crippen LogP contribution in [0.3, 0.4) is 0 Å². The third kappa shape index (κ3) is 21.1. The third-order valence-electron chi connectivity index (χ3n) is 17.3. The fourth-order valence-electron chi connectivity index (χ4n) is 12.0. The van der Waals surface area contributed by atoms with E-state index in [4.69, 9.17) is 66.3 Å². The molecule has 25 nitrogen and oxygen atoms in total. The zero-order chi connectivity index (χ0) is 73.3. The van der Waals surface area contributed by atoms with Crippen molar-refractivity contribution >= 4 is 53.7 Å². The van der Waals surface area contributed by atoms with Crippen molar-refractivity contribution in [3.63, 3.8) is 0 Å². The average Bonchev–Trinajstić information content (AvgIpc) is 0.774. The second-order valence-corrected chi connectivity index (χ2v) is 24.7. The van der Waals surface area contributed by atoms with Gasteiger partial charge in [0.2, 0.25) is 0 Å². The van der Waals surface area contributed by atoms with Gasteiger partial charge < -0.3 is 76.5 Å². The van der Waals surface area contributed by atoms with Crippen molar-refractivity contribution in [1.82, 2.24) is 0 Å². The van der Waals surface area contributed by atoms with Crippen LogP contribution in [0.4, 0.5) is 0 Å². The first-order valence-corrected chi connectivity index (χ1v) is 34.2. The lowest BCUT2D eigenvalue weighted by Crippen LogP contribution is -2.66. The number of carboxylic acid groups (broad SMARTS) is 1. The van der Waals surface area contributed by atoms with Crippen molar-refractivity contribution in [1.29, 1.82) is 0 Å². The van der Waals surface area contributed by atoms with Crippen LogP contribution >= 0.6 is 0 Å². The standard InChI is InChI=1S/C79H80O25/c1-49-63(99-72(86)53-34-18-9-19-35-53)59(47-92-70(84)51-30-14-7-15-31-51)98-79(64(49)100-73(87)54-36-20-10-21-37-54)104-66-62(83)58(96-77(68(66)95-50(2)80)91-45-29-6-4-3-5-28-44-61(81)82)46-94-78-69(103-76(90)57-42-26-13-27-43-57)67(102-75(89)56-40-24-12-25-41-56)65(101-74(88)55-38-22-11-23-39-55)60(97-78)48-93-71(85)52-32-16-8-17-33-52/h7-27,30-43,49,58-60,62-69,77-79,83H,3-6,28-29,44-48H2,1-2H3,(H,81,82). The van der Waals surface area contributed by atoms with Crippen molar-refractivity contribution in [2.45, 2.75) is 145 Å². The number of aliphatic hydroxyl groups is 1. The van der Waals surface area contributed by atoms with E-state index in [0.29, 0.717) is 38.5 Å². The fourth-order valence-corrected chi connectivity index (χ4v) is 12.0. The van der Waals surface area contributed by atoms with E-state index in [2.05, 4.69) is 0 Å². The molecule has 3 aliphatic rings. The summed E-state index contributed by atoms with van der Waals surface area (Å²) in [6.07, 6.45) is -20.8. The van der Waals surface area contributed by atoms with Crippen molar-refractivity contribution in [3.05, 3.63) is 251 Å². The van der Waals surface area contributed by atoms with Crippen LogP contribution in [-0.4, -0.2) is 176 Å². The Bertz CT molecular complexity index is 3930. The number of hydrogen-bond acceptors (Lipinski definition) is 24. The molecule has 25 heteroatoms. The molecule has 10 rings (SSSR count). The Morgan fingerprint density at radius 3 is 1.09 bits per heavy atom. The van der Waals surface area contributed by atoms with Crippen LogP contribution in [0.1, 0.15) is 131 Å². The molecule has 0 radical (unpaired) electrons. The number of unbranched alkanes of at least 4 members (excludes halogenated alkanes) is 5. The number of carbonyl (C=O) groups is 9. The molecule has 3 fully saturated rings. The van der Waals surface area contributed by atoms with E-state index in [9.17, 15) is 53.4 Å². The third-order valence-corrected chi connectivity index (χ3v) is 17.3. The predicted molar refractivity (Wildman–Crippen MR) is 365 cm³/mol. The summed E-state index contributed by atoms with van der Waals surface area (Å²) in [5, 5.41) is 22.3. The van der Waals surface area contributed by atoms with Crippen molar-refractivity contribution in [2.75, 3.05) is 26.4 Å². The molecule has 3 heterocycles. The minimum absolute atomic E-state index is 0.00104. The molecule has 104 heavy (non-hydrogen) atoms. The summed E-state index contributed by atoms with van der Waals surface area (Å²) in [6, 6.07) is 54.9. The van der Waals surface area contributed by atoms with Gasteiger partial charge in [-0.25, -0.2) is 33.6 Å². The first-order chi connectivity index (χ1) is 50.5. The van der Waals surface area contributed by atoms with Gasteiger partial charge in [0, 0.05) is 25.9 Å². The van der Waals surface area contributed by atoms with Gasteiger partial charge in [-0.3, -0.25) is 9.59 Å². The van der Waals surface area contributed by atoms with Gasteiger partial charge in [0.15, 0.2) is 49.4 Å². The zero-order valence-corrected chi connectivity index (χ0v) is 56.9. The quantitative estimate of drug-likeness (QED) is 0.0225. The summed E-state index contributed by atoms with van der Waals surface area (Å²) < 4.78 is 88.9.